The number of aryl methyl sites for hydroxylation is 2. The lowest BCUT2D eigenvalue weighted by Gasteiger charge is -2.35. The van der Waals surface area contributed by atoms with Crippen molar-refractivity contribution in [1.82, 2.24) is 20.0 Å². The van der Waals surface area contributed by atoms with E-state index >= 15 is 0 Å². The van der Waals surface area contributed by atoms with Crippen LogP contribution in [0.4, 0.5) is 17.5 Å². The molecule has 0 unspecified atom stereocenters. The minimum atomic E-state index is -0.127. The fourth-order valence-corrected chi connectivity index (χ4v) is 3.16. The topological polar surface area (TPSA) is 87.4 Å². The predicted octanol–water partition coefficient (Wildman–Crippen LogP) is 2.79. The van der Waals surface area contributed by atoms with Crippen LogP contribution in [-0.2, 0) is 0 Å². The number of aromatic nitrogens is 3. The highest BCUT2D eigenvalue weighted by Crippen LogP contribution is 2.20. The normalized spacial score (nSPS) is 14.2. The Morgan fingerprint density at radius 1 is 1.04 bits per heavy atom. The van der Waals surface area contributed by atoms with Crippen LogP contribution in [0.15, 0.2) is 47.1 Å². The van der Waals surface area contributed by atoms with Crippen molar-refractivity contribution >= 4 is 23.4 Å². The van der Waals surface area contributed by atoms with Crippen LogP contribution >= 0.6 is 0 Å². The van der Waals surface area contributed by atoms with E-state index in [2.05, 4.69) is 32.3 Å². The van der Waals surface area contributed by atoms with E-state index in [9.17, 15) is 4.79 Å². The molecular weight excluding hydrogens is 356 g/mol. The van der Waals surface area contributed by atoms with Crippen LogP contribution in [0.2, 0.25) is 0 Å². The molecule has 1 aliphatic heterocycles. The van der Waals surface area contributed by atoms with Crippen molar-refractivity contribution in [3.63, 3.8) is 0 Å². The standard InChI is InChI=1S/C20H22N6O2/c1-14-3-5-16(6-4-14)23-20-22-15(2)13-18(24-20)25-9-11-26(12-10-25)19(27)17-7-8-21-28-17/h3-8,13H,9-12H2,1-2H3,(H,22,23,24). The van der Waals surface area contributed by atoms with Gasteiger partial charge in [0, 0.05) is 49.7 Å². The molecule has 8 heteroatoms. The van der Waals surface area contributed by atoms with Gasteiger partial charge in [-0.2, -0.15) is 4.98 Å². The number of hydrogen-bond donors (Lipinski definition) is 1. The summed E-state index contributed by atoms with van der Waals surface area (Å²) in [4.78, 5) is 25.5. The summed E-state index contributed by atoms with van der Waals surface area (Å²) >= 11 is 0. The molecule has 4 rings (SSSR count). The predicted molar refractivity (Wildman–Crippen MR) is 106 cm³/mol. The summed E-state index contributed by atoms with van der Waals surface area (Å²) in [5, 5.41) is 6.87. The molecule has 2 aromatic heterocycles. The highest BCUT2D eigenvalue weighted by atomic mass is 16.5. The van der Waals surface area contributed by atoms with Gasteiger partial charge in [0.15, 0.2) is 0 Å². The van der Waals surface area contributed by atoms with Crippen molar-refractivity contribution in [3.8, 4) is 0 Å². The Labute approximate surface area is 163 Å². The Morgan fingerprint density at radius 2 is 1.79 bits per heavy atom. The Hall–Kier alpha value is -3.42. The number of amides is 1. The van der Waals surface area contributed by atoms with Gasteiger partial charge in [-0.25, -0.2) is 4.98 Å². The van der Waals surface area contributed by atoms with E-state index in [-0.39, 0.29) is 11.7 Å². The Balaban J connectivity index is 1.44. The Kier molecular flexibility index (Phi) is 4.92. The Morgan fingerprint density at radius 3 is 2.46 bits per heavy atom. The van der Waals surface area contributed by atoms with Crippen LogP contribution in [0.25, 0.3) is 0 Å². The third-order valence-electron chi connectivity index (χ3n) is 4.69. The van der Waals surface area contributed by atoms with Crippen LogP contribution in [0, 0.1) is 13.8 Å². The lowest BCUT2D eigenvalue weighted by molar-refractivity contribution is 0.0704. The number of anilines is 3. The zero-order valence-electron chi connectivity index (χ0n) is 15.9. The number of benzene rings is 1. The summed E-state index contributed by atoms with van der Waals surface area (Å²) in [6.45, 7) is 6.60. The molecule has 1 aliphatic rings. The summed E-state index contributed by atoms with van der Waals surface area (Å²) in [7, 11) is 0. The summed E-state index contributed by atoms with van der Waals surface area (Å²) in [5.41, 5.74) is 3.04. The third-order valence-corrected chi connectivity index (χ3v) is 4.69. The van der Waals surface area contributed by atoms with Gasteiger partial charge in [-0.05, 0) is 26.0 Å². The van der Waals surface area contributed by atoms with Crippen LogP contribution in [0.3, 0.4) is 0 Å². The van der Waals surface area contributed by atoms with Gasteiger partial charge in [0.25, 0.3) is 5.91 Å². The third kappa shape index (κ3) is 3.95. The molecular formula is C20H22N6O2. The number of rotatable bonds is 4. The average molecular weight is 378 g/mol. The van der Waals surface area contributed by atoms with Gasteiger partial charge in [-0.3, -0.25) is 4.79 Å². The van der Waals surface area contributed by atoms with Crippen LogP contribution in [0.1, 0.15) is 21.8 Å². The molecule has 28 heavy (non-hydrogen) atoms. The van der Waals surface area contributed by atoms with Crippen molar-refractivity contribution < 1.29 is 9.32 Å². The van der Waals surface area contributed by atoms with Crippen molar-refractivity contribution in [2.24, 2.45) is 0 Å². The number of piperazine rings is 1. The lowest BCUT2D eigenvalue weighted by atomic mass is 10.2. The SMILES string of the molecule is Cc1ccc(Nc2nc(C)cc(N3CCN(C(=O)c4ccno4)CC3)n2)cc1. The number of nitrogens with one attached hydrogen (secondary N) is 1. The first-order valence-electron chi connectivity index (χ1n) is 9.23. The largest absolute Gasteiger partial charge is 0.353 e. The molecule has 144 valence electrons. The maximum atomic E-state index is 12.4. The number of hydrogen-bond acceptors (Lipinski definition) is 7. The summed E-state index contributed by atoms with van der Waals surface area (Å²) in [6, 6.07) is 11.7. The van der Waals surface area contributed by atoms with E-state index in [4.69, 9.17) is 4.52 Å². The minimum Gasteiger partial charge on any atom is -0.353 e. The Bertz CT molecular complexity index is 947. The van der Waals surface area contributed by atoms with E-state index in [1.54, 1.807) is 11.0 Å². The van der Waals surface area contributed by atoms with Gasteiger partial charge in [-0.15, -0.1) is 0 Å². The zero-order valence-corrected chi connectivity index (χ0v) is 15.9. The fraction of sp³-hybridized carbons (Fsp3) is 0.300. The highest BCUT2D eigenvalue weighted by Gasteiger charge is 2.25. The first-order chi connectivity index (χ1) is 13.6. The number of nitrogens with zero attached hydrogens (tertiary/aromatic N) is 5. The first-order valence-corrected chi connectivity index (χ1v) is 9.23. The van der Waals surface area contributed by atoms with Gasteiger partial charge in [0.05, 0.1) is 6.20 Å². The first kappa shape index (κ1) is 18.0. The van der Waals surface area contributed by atoms with Gasteiger partial charge in [-0.1, -0.05) is 22.9 Å². The van der Waals surface area contributed by atoms with Crippen molar-refractivity contribution in [3.05, 3.63) is 59.6 Å². The summed E-state index contributed by atoms with van der Waals surface area (Å²) < 4.78 is 4.97. The quantitative estimate of drug-likeness (QED) is 0.747. The van der Waals surface area contributed by atoms with E-state index in [1.165, 1.54) is 11.8 Å². The smallest absolute Gasteiger partial charge is 0.292 e. The molecule has 1 fully saturated rings. The molecule has 3 aromatic rings. The average Bonchev–Trinajstić information content (AvgIpc) is 3.24. The van der Waals surface area contributed by atoms with Crippen LogP contribution in [-0.4, -0.2) is 52.1 Å². The monoisotopic (exact) mass is 378 g/mol. The molecule has 1 amide bonds. The fourth-order valence-electron chi connectivity index (χ4n) is 3.16. The van der Waals surface area contributed by atoms with Gasteiger partial charge >= 0.3 is 0 Å². The van der Waals surface area contributed by atoms with Gasteiger partial charge in [0.1, 0.15) is 5.82 Å². The second kappa shape index (κ2) is 7.67. The minimum absolute atomic E-state index is 0.127. The second-order valence-electron chi connectivity index (χ2n) is 6.84. The lowest BCUT2D eigenvalue weighted by Crippen LogP contribution is -2.49. The maximum Gasteiger partial charge on any atom is 0.292 e. The molecule has 8 nitrogen and oxygen atoms in total. The van der Waals surface area contributed by atoms with Gasteiger partial charge in [0.2, 0.25) is 11.7 Å². The molecule has 0 bridgehead atoms. The molecule has 0 aliphatic carbocycles. The van der Waals surface area contributed by atoms with Crippen molar-refractivity contribution in [2.75, 3.05) is 36.4 Å². The van der Waals surface area contributed by atoms with Gasteiger partial charge < -0.3 is 19.6 Å². The molecule has 1 saturated heterocycles. The second-order valence-corrected chi connectivity index (χ2v) is 6.84. The van der Waals surface area contributed by atoms with Crippen molar-refractivity contribution in [1.29, 1.82) is 0 Å². The molecule has 0 radical (unpaired) electrons. The molecule has 0 saturated carbocycles. The molecule has 3 heterocycles. The van der Waals surface area contributed by atoms with E-state index in [0.717, 1.165) is 17.2 Å². The van der Waals surface area contributed by atoms with Crippen molar-refractivity contribution in [2.45, 2.75) is 13.8 Å². The highest BCUT2D eigenvalue weighted by molar-refractivity contribution is 5.91. The van der Waals surface area contributed by atoms with E-state index < -0.39 is 0 Å². The number of carbonyl (C=O) groups excluding carboxylic acids is 1. The summed E-state index contributed by atoms with van der Waals surface area (Å²) in [6.07, 6.45) is 1.48. The number of carbonyl (C=O) groups is 1. The molecule has 0 atom stereocenters. The molecule has 1 N–H and O–H groups in total. The van der Waals surface area contributed by atoms with E-state index in [1.807, 2.05) is 37.3 Å². The zero-order chi connectivity index (χ0) is 19.5. The van der Waals surface area contributed by atoms with Crippen LogP contribution in [0.5, 0.6) is 0 Å². The summed E-state index contributed by atoms with van der Waals surface area (Å²) in [5.74, 6) is 1.57. The molecule has 1 aromatic carbocycles. The van der Waals surface area contributed by atoms with Crippen LogP contribution < -0.4 is 10.2 Å². The van der Waals surface area contributed by atoms with E-state index in [0.29, 0.717) is 32.1 Å². The molecule has 0 spiro atoms. The maximum absolute atomic E-state index is 12.4.